The quantitative estimate of drug-likeness (QED) is 0.454. The summed E-state index contributed by atoms with van der Waals surface area (Å²) in [5, 5.41) is 0. The molecular formula is C8H15N5. The third-order valence-electron chi connectivity index (χ3n) is 2.78. The lowest BCUT2D eigenvalue weighted by Gasteiger charge is -2.33. The van der Waals surface area contributed by atoms with E-state index in [1.165, 1.54) is 0 Å². The predicted octanol–water partition coefficient (Wildman–Crippen LogP) is -0.832. The van der Waals surface area contributed by atoms with Gasteiger partial charge in [-0.05, 0) is 19.3 Å². The van der Waals surface area contributed by atoms with Gasteiger partial charge in [-0.2, -0.15) is 0 Å². The Bertz CT molecular complexity index is 270. The lowest BCUT2D eigenvalue weighted by molar-refractivity contribution is 0.339. The summed E-state index contributed by atoms with van der Waals surface area (Å²) in [6.45, 7) is 0. The molecule has 3 unspecified atom stereocenters. The molecule has 1 aliphatic carbocycles. The second-order valence-corrected chi connectivity index (χ2v) is 3.77. The fourth-order valence-corrected chi connectivity index (χ4v) is 2.07. The molecular weight excluding hydrogens is 166 g/mol. The molecule has 1 saturated carbocycles. The van der Waals surface area contributed by atoms with Crippen LogP contribution in [0.2, 0.25) is 0 Å². The Morgan fingerprint density at radius 2 is 2.00 bits per heavy atom. The summed E-state index contributed by atoms with van der Waals surface area (Å²) in [6.07, 6.45) is 2.87. The van der Waals surface area contributed by atoms with Crippen molar-refractivity contribution in [1.29, 1.82) is 0 Å². The summed E-state index contributed by atoms with van der Waals surface area (Å²) in [4.78, 5) is 8.23. The molecule has 0 spiro atoms. The molecule has 5 nitrogen and oxygen atoms in total. The Kier molecular flexibility index (Phi) is 1.95. The Morgan fingerprint density at radius 1 is 1.23 bits per heavy atom. The van der Waals surface area contributed by atoms with E-state index in [0.29, 0.717) is 11.8 Å². The summed E-state index contributed by atoms with van der Waals surface area (Å²) in [5.41, 5.74) is 17.1. The minimum Gasteiger partial charge on any atom is -0.387 e. The van der Waals surface area contributed by atoms with E-state index in [9.17, 15) is 0 Å². The van der Waals surface area contributed by atoms with Gasteiger partial charge in [0.25, 0.3) is 0 Å². The van der Waals surface area contributed by atoms with E-state index in [4.69, 9.17) is 17.2 Å². The third kappa shape index (κ3) is 1.51. The van der Waals surface area contributed by atoms with Crippen molar-refractivity contribution in [1.82, 2.24) is 0 Å². The zero-order chi connectivity index (χ0) is 9.42. The van der Waals surface area contributed by atoms with Gasteiger partial charge in [-0.1, -0.05) is 0 Å². The summed E-state index contributed by atoms with van der Waals surface area (Å²) < 4.78 is 0. The molecule has 13 heavy (non-hydrogen) atoms. The molecule has 0 saturated heterocycles. The van der Waals surface area contributed by atoms with Gasteiger partial charge in [0.15, 0.2) is 0 Å². The van der Waals surface area contributed by atoms with Crippen LogP contribution in [-0.2, 0) is 0 Å². The van der Waals surface area contributed by atoms with Gasteiger partial charge in [-0.15, -0.1) is 0 Å². The first-order chi connectivity index (χ1) is 6.16. The molecule has 72 valence electrons. The number of rotatable bonds is 0. The Morgan fingerprint density at radius 3 is 2.77 bits per heavy atom. The average Bonchev–Trinajstić information content (AvgIpc) is 2.06. The first kappa shape index (κ1) is 8.50. The Labute approximate surface area is 77.1 Å². The first-order valence-corrected chi connectivity index (χ1v) is 4.59. The molecule has 5 heteroatoms. The molecule has 2 rings (SSSR count). The molecule has 0 aromatic carbocycles. The number of amidine groups is 1. The molecule has 2 aliphatic rings. The van der Waals surface area contributed by atoms with Gasteiger partial charge in [0, 0.05) is 12.0 Å². The number of aliphatic imine (C=N–C) groups is 2. The highest BCUT2D eigenvalue weighted by atomic mass is 15.1. The van der Waals surface area contributed by atoms with E-state index in [1.807, 2.05) is 0 Å². The lowest BCUT2D eigenvalue weighted by atomic mass is 9.81. The maximum absolute atomic E-state index is 5.85. The van der Waals surface area contributed by atoms with Crippen molar-refractivity contribution < 1.29 is 0 Å². The number of hydrogen-bond acceptors (Lipinski definition) is 5. The second-order valence-electron chi connectivity index (χ2n) is 3.77. The van der Waals surface area contributed by atoms with E-state index in [-0.39, 0.29) is 18.0 Å². The number of hydrogen-bond donors (Lipinski definition) is 3. The van der Waals surface area contributed by atoms with Crippen LogP contribution in [0.1, 0.15) is 19.3 Å². The highest BCUT2D eigenvalue weighted by Crippen LogP contribution is 2.28. The molecule has 3 atom stereocenters. The van der Waals surface area contributed by atoms with Crippen LogP contribution in [0.5, 0.6) is 0 Å². The van der Waals surface area contributed by atoms with Gasteiger partial charge in [-0.3, -0.25) is 0 Å². The summed E-state index contributed by atoms with van der Waals surface area (Å²) in [6, 6.07) is 0.460. The van der Waals surface area contributed by atoms with Gasteiger partial charge >= 0.3 is 0 Å². The first-order valence-electron chi connectivity index (χ1n) is 4.59. The molecule has 0 amide bonds. The second kappa shape index (κ2) is 2.99. The molecule has 1 aliphatic heterocycles. The summed E-state index contributed by atoms with van der Waals surface area (Å²) in [7, 11) is 0. The van der Waals surface area contributed by atoms with E-state index >= 15 is 0 Å². The predicted molar refractivity (Wildman–Crippen MR) is 52.3 cm³/mol. The van der Waals surface area contributed by atoms with Crippen LogP contribution in [0.4, 0.5) is 0 Å². The molecule has 1 fully saturated rings. The SMILES string of the molecule is NC1=NC2CCC(N)CC2C(N)=N1. The molecule has 0 aromatic heterocycles. The highest BCUT2D eigenvalue weighted by molar-refractivity contribution is 5.98. The number of nitrogens with zero attached hydrogens (tertiary/aromatic N) is 2. The van der Waals surface area contributed by atoms with Crippen molar-refractivity contribution >= 4 is 11.8 Å². The highest BCUT2D eigenvalue weighted by Gasteiger charge is 2.33. The van der Waals surface area contributed by atoms with E-state index in [1.54, 1.807) is 0 Å². The van der Waals surface area contributed by atoms with Gasteiger partial charge in [0.05, 0.1) is 6.04 Å². The van der Waals surface area contributed by atoms with Crippen LogP contribution in [0.3, 0.4) is 0 Å². The number of guanidine groups is 1. The van der Waals surface area contributed by atoms with Gasteiger partial charge < -0.3 is 17.2 Å². The fourth-order valence-electron chi connectivity index (χ4n) is 2.07. The Hall–Kier alpha value is -1.10. The summed E-state index contributed by atoms with van der Waals surface area (Å²) in [5.74, 6) is 1.14. The van der Waals surface area contributed by atoms with Crippen molar-refractivity contribution in [2.24, 2.45) is 33.1 Å². The van der Waals surface area contributed by atoms with Crippen LogP contribution in [0, 0.1) is 5.92 Å². The van der Waals surface area contributed by atoms with Crippen LogP contribution in [0.15, 0.2) is 9.98 Å². The molecule has 0 radical (unpaired) electrons. The summed E-state index contributed by atoms with van der Waals surface area (Å²) >= 11 is 0. The minimum atomic E-state index is 0.219. The van der Waals surface area contributed by atoms with Gasteiger partial charge in [0.2, 0.25) is 5.96 Å². The maximum atomic E-state index is 5.85. The zero-order valence-electron chi connectivity index (χ0n) is 7.48. The zero-order valence-corrected chi connectivity index (χ0v) is 7.48. The number of fused-ring (bicyclic) bond motifs is 1. The smallest absolute Gasteiger partial charge is 0.217 e. The van der Waals surface area contributed by atoms with E-state index in [2.05, 4.69) is 9.98 Å². The average molecular weight is 181 g/mol. The maximum Gasteiger partial charge on any atom is 0.217 e. The van der Waals surface area contributed by atoms with Crippen LogP contribution in [-0.4, -0.2) is 23.9 Å². The van der Waals surface area contributed by atoms with Crippen molar-refractivity contribution in [2.75, 3.05) is 0 Å². The molecule has 0 aromatic rings. The third-order valence-corrected chi connectivity index (χ3v) is 2.78. The fraction of sp³-hybridized carbons (Fsp3) is 0.750. The van der Waals surface area contributed by atoms with Gasteiger partial charge in [0.1, 0.15) is 5.84 Å². The largest absolute Gasteiger partial charge is 0.387 e. The minimum absolute atomic E-state index is 0.219. The van der Waals surface area contributed by atoms with Crippen LogP contribution >= 0.6 is 0 Å². The van der Waals surface area contributed by atoms with Crippen molar-refractivity contribution in [3.63, 3.8) is 0 Å². The molecule has 1 heterocycles. The standard InChI is InChI=1S/C8H15N5/c9-4-1-2-6-5(3-4)7(10)13-8(11)12-6/h4-6H,1-3,9H2,(H4,10,11,12,13). The van der Waals surface area contributed by atoms with E-state index in [0.717, 1.165) is 19.3 Å². The van der Waals surface area contributed by atoms with Crippen LogP contribution < -0.4 is 17.2 Å². The monoisotopic (exact) mass is 181 g/mol. The van der Waals surface area contributed by atoms with Crippen molar-refractivity contribution in [3.05, 3.63) is 0 Å². The molecule has 0 bridgehead atoms. The lowest BCUT2D eigenvalue weighted by Crippen LogP contribution is -2.45. The van der Waals surface area contributed by atoms with Crippen LogP contribution in [0.25, 0.3) is 0 Å². The number of nitrogens with two attached hydrogens (primary N) is 3. The molecule has 6 N–H and O–H groups in total. The van der Waals surface area contributed by atoms with Crippen molar-refractivity contribution in [2.45, 2.75) is 31.3 Å². The normalized spacial score (nSPS) is 39.0. The van der Waals surface area contributed by atoms with E-state index < -0.39 is 0 Å². The topological polar surface area (TPSA) is 103 Å². The Balaban J connectivity index is 2.19. The van der Waals surface area contributed by atoms with Gasteiger partial charge in [-0.25, -0.2) is 9.98 Å². The van der Waals surface area contributed by atoms with Crippen molar-refractivity contribution in [3.8, 4) is 0 Å².